The lowest BCUT2D eigenvalue weighted by molar-refractivity contribution is 0.441. The fourth-order valence-electron chi connectivity index (χ4n) is 2.65. The molecule has 2 aromatic heterocycles. The van der Waals surface area contributed by atoms with Gasteiger partial charge in [0.2, 0.25) is 5.95 Å². The maximum atomic E-state index is 6.09. The predicted molar refractivity (Wildman–Crippen MR) is 73.3 cm³/mol. The van der Waals surface area contributed by atoms with Gasteiger partial charge in [0.05, 0.1) is 0 Å². The zero-order valence-corrected chi connectivity index (χ0v) is 11.1. The van der Waals surface area contributed by atoms with E-state index in [1.165, 1.54) is 19.3 Å². The van der Waals surface area contributed by atoms with E-state index in [2.05, 4.69) is 27.5 Å². The average Bonchev–Trinajstić information content (AvgIpc) is 3.09. The zero-order chi connectivity index (χ0) is 12.7. The number of anilines is 1. The minimum atomic E-state index is 0.442. The molecular formula is C14H20N4. The maximum absolute atomic E-state index is 6.09. The van der Waals surface area contributed by atoms with Crippen molar-refractivity contribution in [3.63, 3.8) is 0 Å². The molecule has 1 atom stereocenters. The number of imidazole rings is 1. The van der Waals surface area contributed by atoms with Crippen molar-refractivity contribution in [2.75, 3.05) is 5.73 Å². The van der Waals surface area contributed by atoms with Gasteiger partial charge in [-0.25, -0.2) is 9.97 Å². The van der Waals surface area contributed by atoms with Gasteiger partial charge < -0.3 is 5.73 Å². The van der Waals surface area contributed by atoms with Crippen LogP contribution in [0.1, 0.15) is 44.2 Å². The number of aromatic nitrogens is 3. The van der Waals surface area contributed by atoms with Gasteiger partial charge in [-0.15, -0.1) is 0 Å². The first-order valence-corrected chi connectivity index (χ1v) is 6.79. The molecule has 1 saturated carbocycles. The molecule has 0 radical (unpaired) electrons. The van der Waals surface area contributed by atoms with E-state index in [-0.39, 0.29) is 0 Å². The quantitative estimate of drug-likeness (QED) is 0.899. The summed E-state index contributed by atoms with van der Waals surface area (Å²) in [5.74, 6) is 1.49. The molecule has 1 aliphatic rings. The Morgan fingerprint density at radius 2 is 2.28 bits per heavy atom. The van der Waals surface area contributed by atoms with Crippen LogP contribution in [0.25, 0.3) is 11.2 Å². The van der Waals surface area contributed by atoms with Crippen LogP contribution in [0.4, 0.5) is 5.95 Å². The van der Waals surface area contributed by atoms with Gasteiger partial charge in [0.1, 0.15) is 5.52 Å². The largest absolute Gasteiger partial charge is 0.369 e. The summed E-state index contributed by atoms with van der Waals surface area (Å²) >= 11 is 0. The lowest BCUT2D eigenvalue weighted by Gasteiger charge is -2.18. The van der Waals surface area contributed by atoms with E-state index in [1.54, 1.807) is 0 Å². The van der Waals surface area contributed by atoms with Crippen molar-refractivity contribution < 1.29 is 0 Å². The van der Waals surface area contributed by atoms with E-state index in [4.69, 9.17) is 5.73 Å². The Balaban J connectivity index is 2.05. The molecule has 3 rings (SSSR count). The van der Waals surface area contributed by atoms with Gasteiger partial charge >= 0.3 is 0 Å². The summed E-state index contributed by atoms with van der Waals surface area (Å²) in [7, 11) is 0. The first-order chi connectivity index (χ1) is 8.69. The molecule has 1 unspecified atom stereocenters. The van der Waals surface area contributed by atoms with Crippen molar-refractivity contribution in [3.8, 4) is 0 Å². The molecule has 4 nitrogen and oxygen atoms in total. The Hall–Kier alpha value is -1.58. The van der Waals surface area contributed by atoms with E-state index in [0.717, 1.165) is 29.1 Å². The molecule has 1 fully saturated rings. The molecule has 96 valence electrons. The second-order valence-electron chi connectivity index (χ2n) is 5.44. The van der Waals surface area contributed by atoms with Crippen molar-refractivity contribution in [1.29, 1.82) is 0 Å². The van der Waals surface area contributed by atoms with Gasteiger partial charge in [-0.3, -0.25) is 4.57 Å². The van der Waals surface area contributed by atoms with Crippen LogP contribution in [0.15, 0.2) is 12.3 Å². The van der Waals surface area contributed by atoms with Gasteiger partial charge in [0.15, 0.2) is 5.65 Å². The van der Waals surface area contributed by atoms with E-state index in [9.17, 15) is 0 Å². The Bertz CT molecular complexity index is 568. The highest BCUT2D eigenvalue weighted by atomic mass is 15.2. The molecule has 2 heterocycles. The Morgan fingerprint density at radius 1 is 1.50 bits per heavy atom. The van der Waals surface area contributed by atoms with Crippen LogP contribution < -0.4 is 5.73 Å². The van der Waals surface area contributed by atoms with Crippen molar-refractivity contribution in [1.82, 2.24) is 14.5 Å². The Morgan fingerprint density at radius 3 is 2.94 bits per heavy atom. The average molecular weight is 244 g/mol. The van der Waals surface area contributed by atoms with Crippen LogP contribution in [-0.2, 0) is 0 Å². The molecule has 2 N–H and O–H groups in total. The first-order valence-electron chi connectivity index (χ1n) is 6.79. The molecule has 0 amide bonds. The highest BCUT2D eigenvalue weighted by molar-refractivity contribution is 5.74. The highest BCUT2D eigenvalue weighted by Crippen LogP contribution is 2.39. The van der Waals surface area contributed by atoms with Gasteiger partial charge in [0.25, 0.3) is 0 Å². The van der Waals surface area contributed by atoms with Crippen LogP contribution in [0.5, 0.6) is 0 Å². The molecule has 0 bridgehead atoms. The second kappa shape index (κ2) is 4.26. The monoisotopic (exact) mass is 244 g/mol. The van der Waals surface area contributed by atoms with E-state index < -0.39 is 0 Å². The van der Waals surface area contributed by atoms with Crippen molar-refractivity contribution in [2.24, 2.45) is 5.92 Å². The smallest absolute Gasteiger partial charge is 0.202 e. The molecule has 18 heavy (non-hydrogen) atoms. The second-order valence-corrected chi connectivity index (χ2v) is 5.44. The third-order valence-corrected chi connectivity index (χ3v) is 3.83. The molecule has 0 saturated heterocycles. The van der Waals surface area contributed by atoms with E-state index >= 15 is 0 Å². The van der Waals surface area contributed by atoms with Crippen LogP contribution in [0, 0.1) is 12.8 Å². The van der Waals surface area contributed by atoms with Crippen molar-refractivity contribution in [2.45, 2.75) is 45.6 Å². The first kappa shape index (κ1) is 11.5. The topological polar surface area (TPSA) is 56.7 Å². The number of fused-ring (bicyclic) bond motifs is 1. The van der Waals surface area contributed by atoms with Crippen LogP contribution in [0.3, 0.4) is 0 Å². The summed E-state index contributed by atoms with van der Waals surface area (Å²) < 4.78 is 2.13. The van der Waals surface area contributed by atoms with Crippen molar-refractivity contribution >= 4 is 17.1 Å². The predicted octanol–water partition coefficient (Wildman–Crippen LogP) is 3.07. The van der Waals surface area contributed by atoms with Gasteiger partial charge in [-0.05, 0) is 37.3 Å². The molecule has 0 aromatic carbocycles. The molecular weight excluding hydrogens is 224 g/mol. The Labute approximate surface area is 107 Å². The number of rotatable bonds is 4. The highest BCUT2D eigenvalue weighted by Gasteiger charge is 2.27. The van der Waals surface area contributed by atoms with Crippen LogP contribution in [0.2, 0.25) is 0 Å². The number of pyridine rings is 1. The standard InChI is InChI=1S/C14H20N4/c1-3-11(7-10-4-5-10)18-13-12(17-14(18)15)6-9(2)8-16-13/h6,8,10-11H,3-5,7H2,1-2H3,(H2,15,17). The van der Waals surface area contributed by atoms with Crippen molar-refractivity contribution in [3.05, 3.63) is 17.8 Å². The number of nitrogen functional groups attached to an aromatic ring is 1. The van der Waals surface area contributed by atoms with Crippen LogP contribution >= 0.6 is 0 Å². The number of hydrogen-bond acceptors (Lipinski definition) is 3. The zero-order valence-electron chi connectivity index (χ0n) is 11.1. The van der Waals surface area contributed by atoms with Gasteiger partial charge in [-0.2, -0.15) is 0 Å². The third-order valence-electron chi connectivity index (χ3n) is 3.83. The minimum Gasteiger partial charge on any atom is -0.369 e. The van der Waals surface area contributed by atoms with Crippen LogP contribution in [-0.4, -0.2) is 14.5 Å². The summed E-state index contributed by atoms with van der Waals surface area (Å²) in [5, 5.41) is 0. The number of hydrogen-bond donors (Lipinski definition) is 1. The lowest BCUT2D eigenvalue weighted by atomic mass is 10.1. The van der Waals surface area contributed by atoms with E-state index in [0.29, 0.717) is 12.0 Å². The van der Waals surface area contributed by atoms with Gasteiger partial charge in [0, 0.05) is 12.2 Å². The number of nitrogens with two attached hydrogens (primary N) is 1. The molecule has 0 spiro atoms. The Kier molecular flexibility index (Phi) is 2.73. The SMILES string of the molecule is CCC(CC1CC1)n1c(N)nc2cc(C)cnc21. The fraction of sp³-hybridized carbons (Fsp3) is 0.571. The summed E-state index contributed by atoms with van der Waals surface area (Å²) in [6.45, 7) is 4.25. The molecule has 2 aromatic rings. The number of nitrogens with zero attached hydrogens (tertiary/aromatic N) is 3. The summed E-state index contributed by atoms with van der Waals surface area (Å²) in [5.41, 5.74) is 9.07. The fourth-order valence-corrected chi connectivity index (χ4v) is 2.65. The summed E-state index contributed by atoms with van der Waals surface area (Å²) in [6, 6.07) is 2.50. The molecule has 4 heteroatoms. The lowest BCUT2D eigenvalue weighted by Crippen LogP contribution is -2.12. The number of aryl methyl sites for hydroxylation is 1. The van der Waals surface area contributed by atoms with E-state index in [1.807, 2.05) is 13.1 Å². The third kappa shape index (κ3) is 1.96. The normalized spacial score (nSPS) is 17.2. The maximum Gasteiger partial charge on any atom is 0.202 e. The molecule has 0 aliphatic heterocycles. The minimum absolute atomic E-state index is 0.442. The summed E-state index contributed by atoms with van der Waals surface area (Å²) in [6.07, 6.45) is 6.93. The van der Waals surface area contributed by atoms with Gasteiger partial charge in [-0.1, -0.05) is 19.8 Å². The molecule has 1 aliphatic carbocycles. The summed E-state index contributed by atoms with van der Waals surface area (Å²) in [4.78, 5) is 8.97.